The number of ether oxygens (including phenoxy) is 2. The molecule has 0 aliphatic carbocycles. The van der Waals surface area contributed by atoms with Gasteiger partial charge < -0.3 is 9.47 Å². The molecule has 0 N–H and O–H groups in total. The second-order valence-corrected chi connectivity index (χ2v) is 3.11. The molecule has 0 aliphatic rings. The number of aldehydes is 1. The predicted molar refractivity (Wildman–Crippen MR) is 54.9 cm³/mol. The molecule has 0 spiro atoms. The van der Waals surface area contributed by atoms with Crippen LogP contribution in [0.4, 0.5) is 0 Å². The number of aromatic nitrogens is 2. The zero-order valence-corrected chi connectivity index (χ0v) is 8.89. The van der Waals surface area contributed by atoms with E-state index in [1.807, 2.05) is 0 Å². The van der Waals surface area contributed by atoms with E-state index in [-0.39, 0.29) is 0 Å². The minimum absolute atomic E-state index is 0.607. The van der Waals surface area contributed by atoms with Crippen LogP contribution in [0.1, 0.15) is 16.8 Å². The Kier molecular flexibility index (Phi) is 5.65. The van der Waals surface area contributed by atoms with Crippen LogP contribution in [-0.4, -0.2) is 43.0 Å². The van der Waals surface area contributed by atoms with Crippen molar-refractivity contribution in [2.24, 2.45) is 0 Å². The van der Waals surface area contributed by atoms with E-state index in [1.165, 1.54) is 0 Å². The van der Waals surface area contributed by atoms with Gasteiger partial charge in [-0.05, 0) is 6.42 Å². The van der Waals surface area contributed by atoms with Crippen molar-refractivity contribution in [1.82, 2.24) is 9.78 Å². The summed E-state index contributed by atoms with van der Waals surface area (Å²) in [6, 6.07) is 0. The van der Waals surface area contributed by atoms with E-state index < -0.39 is 0 Å². The first-order chi connectivity index (χ1) is 7.36. The Balaban J connectivity index is 2.07. The van der Waals surface area contributed by atoms with Crippen LogP contribution >= 0.6 is 0 Å². The summed E-state index contributed by atoms with van der Waals surface area (Å²) in [5.74, 6) is 0. The highest BCUT2D eigenvalue weighted by atomic mass is 16.5. The standard InChI is InChI=1S/C10H16N2O3/c1-14-5-6-15-4-2-3-12-8-10(9-13)7-11-12/h7-9H,2-6H2,1H3. The highest BCUT2D eigenvalue weighted by Crippen LogP contribution is 1.95. The number of methoxy groups -OCH3 is 1. The summed E-state index contributed by atoms with van der Waals surface area (Å²) in [7, 11) is 1.65. The summed E-state index contributed by atoms with van der Waals surface area (Å²) in [5, 5.41) is 4.03. The van der Waals surface area contributed by atoms with Crippen molar-refractivity contribution in [3.8, 4) is 0 Å². The Morgan fingerprint density at radius 2 is 2.33 bits per heavy atom. The number of carbonyl (C=O) groups is 1. The molecular weight excluding hydrogens is 196 g/mol. The fraction of sp³-hybridized carbons (Fsp3) is 0.600. The first-order valence-electron chi connectivity index (χ1n) is 4.91. The maximum Gasteiger partial charge on any atom is 0.153 e. The molecule has 0 unspecified atom stereocenters. The molecule has 84 valence electrons. The molecule has 15 heavy (non-hydrogen) atoms. The molecule has 0 aromatic carbocycles. The summed E-state index contributed by atoms with van der Waals surface area (Å²) in [4.78, 5) is 10.4. The SMILES string of the molecule is COCCOCCCn1cc(C=O)cn1. The Bertz CT molecular complexity index is 286. The molecule has 0 amide bonds. The van der Waals surface area contributed by atoms with Gasteiger partial charge in [0.05, 0.1) is 25.0 Å². The van der Waals surface area contributed by atoms with Gasteiger partial charge in [-0.2, -0.15) is 5.10 Å². The molecule has 0 saturated carbocycles. The normalized spacial score (nSPS) is 10.5. The summed E-state index contributed by atoms with van der Waals surface area (Å²) >= 11 is 0. The third-order valence-electron chi connectivity index (χ3n) is 1.90. The van der Waals surface area contributed by atoms with Gasteiger partial charge in [0, 0.05) is 26.5 Å². The average molecular weight is 212 g/mol. The molecule has 0 atom stereocenters. The van der Waals surface area contributed by atoms with Crippen LogP contribution in [0.15, 0.2) is 12.4 Å². The first-order valence-corrected chi connectivity index (χ1v) is 4.91. The molecule has 0 aliphatic heterocycles. The van der Waals surface area contributed by atoms with Crippen LogP contribution in [0.3, 0.4) is 0 Å². The van der Waals surface area contributed by atoms with Crippen LogP contribution in [0.5, 0.6) is 0 Å². The molecule has 1 rings (SSSR count). The molecule has 0 radical (unpaired) electrons. The zero-order valence-electron chi connectivity index (χ0n) is 8.89. The van der Waals surface area contributed by atoms with E-state index in [9.17, 15) is 4.79 Å². The zero-order chi connectivity index (χ0) is 10.9. The Morgan fingerprint density at radius 3 is 3.00 bits per heavy atom. The molecule has 5 nitrogen and oxygen atoms in total. The monoisotopic (exact) mass is 212 g/mol. The van der Waals surface area contributed by atoms with E-state index in [4.69, 9.17) is 9.47 Å². The van der Waals surface area contributed by atoms with Crippen molar-refractivity contribution in [3.05, 3.63) is 18.0 Å². The van der Waals surface area contributed by atoms with Crippen LogP contribution < -0.4 is 0 Å². The number of nitrogens with zero attached hydrogens (tertiary/aromatic N) is 2. The second-order valence-electron chi connectivity index (χ2n) is 3.11. The maximum absolute atomic E-state index is 10.4. The highest BCUT2D eigenvalue weighted by Gasteiger charge is 1.96. The number of aryl methyl sites for hydroxylation is 1. The Labute approximate surface area is 89.0 Å². The highest BCUT2D eigenvalue weighted by molar-refractivity contribution is 5.73. The predicted octanol–water partition coefficient (Wildman–Crippen LogP) is 0.749. The van der Waals surface area contributed by atoms with E-state index >= 15 is 0 Å². The second kappa shape index (κ2) is 7.14. The topological polar surface area (TPSA) is 53.4 Å². The van der Waals surface area contributed by atoms with Gasteiger partial charge in [-0.3, -0.25) is 9.48 Å². The van der Waals surface area contributed by atoms with E-state index in [1.54, 1.807) is 24.2 Å². The van der Waals surface area contributed by atoms with Gasteiger partial charge in [-0.1, -0.05) is 0 Å². The van der Waals surface area contributed by atoms with E-state index in [2.05, 4.69) is 5.10 Å². The number of hydrogen-bond acceptors (Lipinski definition) is 4. The molecular formula is C10H16N2O3. The lowest BCUT2D eigenvalue weighted by molar-refractivity contribution is 0.0677. The molecule has 1 aromatic rings. The molecule has 0 saturated heterocycles. The van der Waals surface area contributed by atoms with Gasteiger partial charge in [0.1, 0.15) is 0 Å². The van der Waals surface area contributed by atoms with Gasteiger partial charge in [0.15, 0.2) is 6.29 Å². The lowest BCUT2D eigenvalue weighted by Crippen LogP contribution is -2.06. The number of hydrogen-bond donors (Lipinski definition) is 0. The van der Waals surface area contributed by atoms with Gasteiger partial charge in [0.25, 0.3) is 0 Å². The summed E-state index contributed by atoms with van der Waals surface area (Å²) < 4.78 is 11.9. The summed E-state index contributed by atoms with van der Waals surface area (Å²) in [6.45, 7) is 2.69. The van der Waals surface area contributed by atoms with Gasteiger partial charge in [-0.25, -0.2) is 0 Å². The van der Waals surface area contributed by atoms with Crippen molar-refractivity contribution in [2.45, 2.75) is 13.0 Å². The van der Waals surface area contributed by atoms with Gasteiger partial charge in [-0.15, -0.1) is 0 Å². The Hall–Kier alpha value is -1.20. The quantitative estimate of drug-likeness (QED) is 0.471. The molecule has 0 bridgehead atoms. The maximum atomic E-state index is 10.4. The van der Waals surface area contributed by atoms with Crippen LogP contribution in [0.25, 0.3) is 0 Å². The summed E-state index contributed by atoms with van der Waals surface area (Å²) in [6.07, 6.45) is 4.95. The van der Waals surface area contributed by atoms with Crippen LogP contribution in [-0.2, 0) is 16.0 Å². The van der Waals surface area contributed by atoms with Gasteiger partial charge >= 0.3 is 0 Å². The molecule has 5 heteroatoms. The number of carbonyl (C=O) groups excluding carboxylic acids is 1. The molecule has 0 fully saturated rings. The van der Waals surface area contributed by atoms with Crippen molar-refractivity contribution in [2.75, 3.05) is 26.9 Å². The minimum Gasteiger partial charge on any atom is -0.382 e. The van der Waals surface area contributed by atoms with E-state index in [0.29, 0.717) is 25.4 Å². The summed E-state index contributed by atoms with van der Waals surface area (Å²) in [5.41, 5.74) is 0.607. The number of rotatable bonds is 8. The fourth-order valence-electron chi connectivity index (χ4n) is 1.14. The van der Waals surface area contributed by atoms with Crippen molar-refractivity contribution in [3.63, 3.8) is 0 Å². The largest absolute Gasteiger partial charge is 0.382 e. The molecule has 1 aromatic heterocycles. The first kappa shape index (κ1) is 11.9. The minimum atomic E-state index is 0.607. The third-order valence-corrected chi connectivity index (χ3v) is 1.90. The smallest absolute Gasteiger partial charge is 0.153 e. The molecule has 1 heterocycles. The van der Waals surface area contributed by atoms with Crippen molar-refractivity contribution < 1.29 is 14.3 Å². The van der Waals surface area contributed by atoms with Crippen LogP contribution in [0, 0.1) is 0 Å². The average Bonchev–Trinajstić information content (AvgIpc) is 2.71. The lowest BCUT2D eigenvalue weighted by Gasteiger charge is -2.03. The van der Waals surface area contributed by atoms with Crippen molar-refractivity contribution >= 4 is 6.29 Å². The van der Waals surface area contributed by atoms with E-state index in [0.717, 1.165) is 19.3 Å². The lowest BCUT2D eigenvalue weighted by atomic mass is 10.4. The van der Waals surface area contributed by atoms with Crippen molar-refractivity contribution in [1.29, 1.82) is 0 Å². The Morgan fingerprint density at radius 1 is 1.47 bits per heavy atom. The fourth-order valence-corrected chi connectivity index (χ4v) is 1.14. The van der Waals surface area contributed by atoms with Crippen LogP contribution in [0.2, 0.25) is 0 Å². The van der Waals surface area contributed by atoms with Gasteiger partial charge in [0.2, 0.25) is 0 Å². The third kappa shape index (κ3) is 4.71.